The monoisotopic (exact) mass is 528 g/mol. The van der Waals surface area contributed by atoms with E-state index >= 15 is 0 Å². The first-order valence-corrected chi connectivity index (χ1v) is 12.8. The van der Waals surface area contributed by atoms with Crippen molar-refractivity contribution in [1.29, 1.82) is 0 Å². The summed E-state index contributed by atoms with van der Waals surface area (Å²) in [5.74, 6) is 1.01. The van der Waals surface area contributed by atoms with Crippen LogP contribution in [0.25, 0.3) is 22.2 Å². The van der Waals surface area contributed by atoms with Crippen LogP contribution in [0.1, 0.15) is 13.8 Å². The molecule has 0 aliphatic carbocycles. The lowest BCUT2D eigenvalue weighted by molar-refractivity contribution is -0.111. The zero-order valence-electron chi connectivity index (χ0n) is 23.4. The SMILES string of the molecule is C=CC(=O)Nc1cc(Nc2nccc(-c3cn(C)c4ccccc34)n2)c(OC(C)C)nc1N(C)CCN(C)C. The smallest absolute Gasteiger partial charge is 0.247 e. The first-order valence-electron chi connectivity index (χ1n) is 12.8. The fourth-order valence-corrected chi connectivity index (χ4v) is 4.15. The normalized spacial score (nSPS) is 11.2. The summed E-state index contributed by atoms with van der Waals surface area (Å²) in [6.45, 7) is 8.96. The van der Waals surface area contributed by atoms with Gasteiger partial charge in [0.05, 0.1) is 17.5 Å². The second-order valence-corrected chi connectivity index (χ2v) is 9.86. The number of benzene rings is 1. The third-order valence-electron chi connectivity index (χ3n) is 6.08. The van der Waals surface area contributed by atoms with Gasteiger partial charge in [0.15, 0.2) is 5.82 Å². The number of para-hydroxylation sites is 1. The quantitative estimate of drug-likeness (QED) is 0.271. The van der Waals surface area contributed by atoms with Crippen molar-refractivity contribution in [3.8, 4) is 17.1 Å². The molecule has 39 heavy (non-hydrogen) atoms. The Labute approximate surface area is 229 Å². The van der Waals surface area contributed by atoms with Crippen molar-refractivity contribution >= 4 is 40.0 Å². The summed E-state index contributed by atoms with van der Waals surface area (Å²) in [7, 11) is 7.96. The molecule has 0 saturated heterocycles. The predicted octanol–water partition coefficient (Wildman–Crippen LogP) is 4.68. The van der Waals surface area contributed by atoms with Gasteiger partial charge in [0.25, 0.3) is 0 Å². The molecule has 0 saturated carbocycles. The average molecular weight is 529 g/mol. The highest BCUT2D eigenvalue weighted by molar-refractivity contribution is 6.01. The molecule has 4 aromatic rings. The lowest BCUT2D eigenvalue weighted by Crippen LogP contribution is -2.30. The van der Waals surface area contributed by atoms with Gasteiger partial charge in [-0.3, -0.25) is 4.79 Å². The number of amides is 1. The number of anilines is 4. The Kier molecular flexibility index (Phi) is 8.46. The first-order chi connectivity index (χ1) is 18.7. The Hall–Kier alpha value is -4.44. The van der Waals surface area contributed by atoms with E-state index in [1.165, 1.54) is 6.08 Å². The van der Waals surface area contributed by atoms with Crippen LogP contribution in [0.3, 0.4) is 0 Å². The van der Waals surface area contributed by atoms with E-state index in [9.17, 15) is 4.79 Å². The largest absolute Gasteiger partial charge is 0.473 e. The number of pyridine rings is 1. The van der Waals surface area contributed by atoms with Gasteiger partial charge in [-0.05, 0) is 52.2 Å². The van der Waals surface area contributed by atoms with Crippen LogP contribution in [0.5, 0.6) is 5.88 Å². The van der Waals surface area contributed by atoms with Crippen molar-refractivity contribution in [3.05, 3.63) is 61.4 Å². The fourth-order valence-electron chi connectivity index (χ4n) is 4.15. The lowest BCUT2D eigenvalue weighted by atomic mass is 10.1. The lowest BCUT2D eigenvalue weighted by Gasteiger charge is -2.25. The number of aromatic nitrogens is 4. The van der Waals surface area contributed by atoms with Crippen molar-refractivity contribution in [3.63, 3.8) is 0 Å². The molecular formula is C29H36N8O2. The van der Waals surface area contributed by atoms with Gasteiger partial charge < -0.3 is 29.7 Å². The van der Waals surface area contributed by atoms with Gasteiger partial charge in [0.2, 0.25) is 17.7 Å². The van der Waals surface area contributed by atoms with Crippen LogP contribution in [0.4, 0.5) is 23.1 Å². The standard InChI is InChI=1S/C29H36N8O2/c1-8-26(38)31-23-17-24(28(39-19(2)3)34-27(23)36(6)16-15-35(4)5)33-29-30-14-13-22(32-29)21-18-37(7)25-12-10-9-11-20(21)25/h8-14,17-19H,1,15-16H2,2-7H3,(H,31,38)(H,30,32,33). The second-order valence-electron chi connectivity index (χ2n) is 9.86. The molecule has 10 heteroatoms. The van der Waals surface area contributed by atoms with E-state index in [1.807, 2.05) is 65.1 Å². The van der Waals surface area contributed by atoms with E-state index in [4.69, 9.17) is 14.7 Å². The van der Waals surface area contributed by atoms with Gasteiger partial charge in [-0.25, -0.2) is 9.97 Å². The number of likely N-dealkylation sites (N-methyl/N-ethyl adjacent to an activating group) is 2. The Morgan fingerprint density at radius 1 is 1.13 bits per heavy atom. The number of aryl methyl sites for hydroxylation is 1. The summed E-state index contributed by atoms with van der Waals surface area (Å²) in [5.41, 5.74) is 3.96. The minimum Gasteiger partial charge on any atom is -0.473 e. The Morgan fingerprint density at radius 3 is 2.62 bits per heavy atom. The number of nitrogens with zero attached hydrogens (tertiary/aromatic N) is 6. The van der Waals surface area contributed by atoms with Crippen molar-refractivity contribution in [2.24, 2.45) is 7.05 Å². The van der Waals surface area contributed by atoms with E-state index in [1.54, 1.807) is 12.3 Å². The van der Waals surface area contributed by atoms with E-state index in [0.29, 0.717) is 35.6 Å². The van der Waals surface area contributed by atoms with Crippen LogP contribution in [-0.4, -0.2) is 70.7 Å². The van der Waals surface area contributed by atoms with Gasteiger partial charge in [0.1, 0.15) is 5.69 Å². The van der Waals surface area contributed by atoms with E-state index in [-0.39, 0.29) is 12.0 Å². The topological polar surface area (TPSA) is 100 Å². The minimum atomic E-state index is -0.336. The molecule has 1 aromatic carbocycles. The first kappa shape index (κ1) is 27.6. The van der Waals surface area contributed by atoms with Crippen LogP contribution >= 0.6 is 0 Å². The van der Waals surface area contributed by atoms with Gasteiger partial charge >= 0.3 is 0 Å². The Balaban J connectivity index is 1.75. The molecule has 0 spiro atoms. The molecule has 0 bridgehead atoms. The predicted molar refractivity (Wildman–Crippen MR) is 158 cm³/mol. The van der Waals surface area contributed by atoms with Crippen molar-refractivity contribution in [2.45, 2.75) is 20.0 Å². The van der Waals surface area contributed by atoms with Crippen molar-refractivity contribution in [2.75, 3.05) is 49.8 Å². The number of fused-ring (bicyclic) bond motifs is 1. The van der Waals surface area contributed by atoms with E-state index in [0.717, 1.165) is 28.7 Å². The van der Waals surface area contributed by atoms with Crippen LogP contribution in [-0.2, 0) is 11.8 Å². The second kappa shape index (κ2) is 12.0. The Morgan fingerprint density at radius 2 is 1.90 bits per heavy atom. The number of rotatable bonds is 11. The molecule has 3 heterocycles. The third kappa shape index (κ3) is 6.53. The molecule has 3 aromatic heterocycles. The number of hydrogen-bond acceptors (Lipinski definition) is 8. The molecule has 2 N–H and O–H groups in total. The third-order valence-corrected chi connectivity index (χ3v) is 6.08. The van der Waals surface area contributed by atoms with Crippen LogP contribution < -0.4 is 20.3 Å². The molecule has 1 amide bonds. The number of hydrogen-bond donors (Lipinski definition) is 2. The van der Waals surface area contributed by atoms with Crippen molar-refractivity contribution < 1.29 is 9.53 Å². The highest BCUT2D eigenvalue weighted by Crippen LogP contribution is 2.36. The maximum Gasteiger partial charge on any atom is 0.247 e. The summed E-state index contributed by atoms with van der Waals surface area (Å²) >= 11 is 0. The molecule has 0 unspecified atom stereocenters. The van der Waals surface area contributed by atoms with Crippen molar-refractivity contribution in [1.82, 2.24) is 24.4 Å². The number of ether oxygens (including phenoxy) is 1. The van der Waals surface area contributed by atoms with Crippen LogP contribution in [0.15, 0.2) is 61.4 Å². The van der Waals surface area contributed by atoms with Gasteiger partial charge in [-0.15, -0.1) is 0 Å². The molecule has 0 aliphatic heterocycles. The van der Waals surface area contributed by atoms with Gasteiger partial charge in [0, 0.05) is 56.0 Å². The summed E-state index contributed by atoms with van der Waals surface area (Å²) in [5, 5.41) is 7.26. The zero-order valence-corrected chi connectivity index (χ0v) is 23.4. The molecule has 4 rings (SSSR count). The summed E-state index contributed by atoms with van der Waals surface area (Å²) < 4.78 is 8.18. The molecule has 0 atom stereocenters. The summed E-state index contributed by atoms with van der Waals surface area (Å²) in [4.78, 5) is 30.4. The minimum absolute atomic E-state index is 0.130. The highest BCUT2D eigenvalue weighted by atomic mass is 16.5. The maximum atomic E-state index is 12.3. The fraction of sp³-hybridized carbons (Fsp3) is 0.310. The average Bonchev–Trinajstić information content (AvgIpc) is 3.25. The molecule has 10 nitrogen and oxygen atoms in total. The molecular weight excluding hydrogens is 492 g/mol. The zero-order chi connectivity index (χ0) is 28.1. The van der Waals surface area contributed by atoms with Gasteiger partial charge in [-0.1, -0.05) is 24.8 Å². The molecule has 0 fully saturated rings. The molecule has 0 radical (unpaired) electrons. The molecule has 0 aliphatic rings. The van der Waals surface area contributed by atoms with Gasteiger partial charge in [-0.2, -0.15) is 4.98 Å². The maximum absolute atomic E-state index is 12.3. The summed E-state index contributed by atoms with van der Waals surface area (Å²) in [6, 6.07) is 11.9. The number of nitrogens with one attached hydrogen (secondary N) is 2. The van der Waals surface area contributed by atoms with Crippen LogP contribution in [0.2, 0.25) is 0 Å². The van der Waals surface area contributed by atoms with E-state index in [2.05, 4.69) is 50.0 Å². The van der Waals surface area contributed by atoms with Crippen LogP contribution in [0, 0.1) is 0 Å². The van der Waals surface area contributed by atoms with E-state index < -0.39 is 0 Å². The number of carbonyl (C=O) groups excluding carboxylic acids is 1. The Bertz CT molecular complexity index is 1480. The highest BCUT2D eigenvalue weighted by Gasteiger charge is 2.20. The summed E-state index contributed by atoms with van der Waals surface area (Å²) in [6.07, 6.45) is 4.88. The molecule has 204 valence electrons. The number of carbonyl (C=O) groups is 1.